The molecule has 0 atom stereocenters. The summed E-state index contributed by atoms with van der Waals surface area (Å²) < 4.78 is 10.6. The number of hydrogen-bond donors (Lipinski definition) is 0. The number of ether oxygens (including phenoxy) is 2. The van der Waals surface area contributed by atoms with Crippen LogP contribution in [-0.2, 0) is 4.74 Å². The van der Waals surface area contributed by atoms with Gasteiger partial charge in [0, 0.05) is 57.2 Å². The smallest absolute Gasteiger partial charge is 0.255 e. The summed E-state index contributed by atoms with van der Waals surface area (Å²) in [6.07, 6.45) is 6.59. The molecule has 0 bridgehead atoms. The fraction of sp³-hybridized carbons (Fsp3) is 0.684. The second-order valence-corrected chi connectivity index (χ2v) is 7.44. The molecule has 3 aliphatic rings. The summed E-state index contributed by atoms with van der Waals surface area (Å²) in [7, 11) is 1.58. The van der Waals surface area contributed by atoms with Crippen LogP contribution >= 0.6 is 0 Å². The fourth-order valence-electron chi connectivity index (χ4n) is 3.85. The first-order valence-corrected chi connectivity index (χ1v) is 9.37. The Morgan fingerprint density at radius 2 is 2.00 bits per heavy atom. The Morgan fingerprint density at radius 3 is 2.60 bits per heavy atom. The molecular weight excluding hydrogens is 318 g/mol. The van der Waals surface area contributed by atoms with Gasteiger partial charge in [0.1, 0.15) is 0 Å². The lowest BCUT2D eigenvalue weighted by Gasteiger charge is -2.49. The molecule has 2 saturated heterocycles. The summed E-state index contributed by atoms with van der Waals surface area (Å²) in [4.78, 5) is 21.4. The lowest BCUT2D eigenvalue weighted by Crippen LogP contribution is -2.64. The third kappa shape index (κ3) is 3.80. The van der Waals surface area contributed by atoms with Gasteiger partial charge in [-0.2, -0.15) is 0 Å². The number of aromatic nitrogens is 1. The molecule has 3 heterocycles. The first-order chi connectivity index (χ1) is 12.2. The molecule has 3 fully saturated rings. The van der Waals surface area contributed by atoms with E-state index < -0.39 is 0 Å². The number of hydrogen-bond acceptors (Lipinski definition) is 5. The van der Waals surface area contributed by atoms with Crippen LogP contribution in [0.4, 0.5) is 0 Å². The number of likely N-dealkylation sites (tertiary alicyclic amines) is 1. The average Bonchev–Trinajstić information content (AvgIpc) is 3.44. The molecule has 0 N–H and O–H groups in total. The van der Waals surface area contributed by atoms with Gasteiger partial charge in [0.15, 0.2) is 0 Å². The van der Waals surface area contributed by atoms with E-state index in [4.69, 9.17) is 9.47 Å². The van der Waals surface area contributed by atoms with Crippen molar-refractivity contribution in [2.24, 2.45) is 5.92 Å². The summed E-state index contributed by atoms with van der Waals surface area (Å²) in [6.45, 7) is 4.60. The van der Waals surface area contributed by atoms with Crippen LogP contribution < -0.4 is 4.74 Å². The molecule has 1 aliphatic carbocycles. The molecule has 1 aromatic rings. The molecule has 0 radical (unpaired) electrons. The van der Waals surface area contributed by atoms with Crippen molar-refractivity contribution in [2.45, 2.75) is 37.8 Å². The standard InChI is InChI=1S/C19H27N3O3/c1-24-18-5-4-15(10-20-18)19(23)21-12-17(13-21)22(11-14-2-3-14)16-6-8-25-9-7-16/h4-5,10,14,16-17H,2-3,6-9,11-13H2,1H3. The van der Waals surface area contributed by atoms with E-state index in [2.05, 4.69) is 9.88 Å². The maximum Gasteiger partial charge on any atom is 0.255 e. The van der Waals surface area contributed by atoms with Crippen LogP contribution in [0, 0.1) is 5.92 Å². The zero-order valence-corrected chi connectivity index (χ0v) is 14.9. The maximum atomic E-state index is 12.6. The lowest BCUT2D eigenvalue weighted by molar-refractivity contribution is -0.0267. The predicted octanol–water partition coefficient (Wildman–Crippen LogP) is 1.81. The minimum Gasteiger partial charge on any atom is -0.481 e. The van der Waals surface area contributed by atoms with E-state index in [9.17, 15) is 4.79 Å². The Balaban J connectivity index is 1.35. The van der Waals surface area contributed by atoms with Crippen LogP contribution in [-0.4, -0.2) is 72.7 Å². The second-order valence-electron chi connectivity index (χ2n) is 7.44. The van der Waals surface area contributed by atoms with Gasteiger partial charge < -0.3 is 14.4 Å². The third-order valence-corrected chi connectivity index (χ3v) is 5.64. The molecule has 0 spiro atoms. The minimum absolute atomic E-state index is 0.0738. The van der Waals surface area contributed by atoms with E-state index in [0.29, 0.717) is 23.5 Å². The summed E-state index contributed by atoms with van der Waals surface area (Å²) in [6, 6.07) is 4.66. The molecular formula is C19H27N3O3. The van der Waals surface area contributed by atoms with Crippen molar-refractivity contribution in [3.05, 3.63) is 23.9 Å². The summed E-state index contributed by atoms with van der Waals surface area (Å²) in [5, 5.41) is 0. The third-order valence-electron chi connectivity index (χ3n) is 5.64. The van der Waals surface area contributed by atoms with Crippen LogP contribution in [0.3, 0.4) is 0 Å². The molecule has 0 unspecified atom stereocenters. The largest absolute Gasteiger partial charge is 0.481 e. The Hall–Kier alpha value is -1.66. The highest BCUT2D eigenvalue weighted by Gasteiger charge is 2.40. The van der Waals surface area contributed by atoms with E-state index in [0.717, 1.165) is 45.1 Å². The number of rotatable bonds is 6. The van der Waals surface area contributed by atoms with Crippen LogP contribution in [0.2, 0.25) is 0 Å². The molecule has 136 valence electrons. The van der Waals surface area contributed by atoms with Gasteiger partial charge in [-0.25, -0.2) is 4.98 Å². The fourth-order valence-corrected chi connectivity index (χ4v) is 3.85. The van der Waals surface area contributed by atoms with Crippen molar-refractivity contribution < 1.29 is 14.3 Å². The van der Waals surface area contributed by atoms with Crippen molar-refractivity contribution in [2.75, 3.05) is 40.0 Å². The normalized spacial score (nSPS) is 22.1. The maximum absolute atomic E-state index is 12.6. The van der Waals surface area contributed by atoms with Crippen LogP contribution in [0.1, 0.15) is 36.0 Å². The van der Waals surface area contributed by atoms with Crippen molar-refractivity contribution in [1.29, 1.82) is 0 Å². The highest BCUT2D eigenvalue weighted by molar-refractivity contribution is 5.94. The highest BCUT2D eigenvalue weighted by Crippen LogP contribution is 2.34. The van der Waals surface area contributed by atoms with E-state index in [-0.39, 0.29) is 5.91 Å². The number of nitrogens with zero attached hydrogens (tertiary/aromatic N) is 3. The van der Waals surface area contributed by atoms with Crippen molar-refractivity contribution >= 4 is 5.91 Å². The van der Waals surface area contributed by atoms with Gasteiger partial charge >= 0.3 is 0 Å². The summed E-state index contributed by atoms with van der Waals surface area (Å²) in [5.41, 5.74) is 0.638. The van der Waals surface area contributed by atoms with Crippen molar-refractivity contribution in [3.8, 4) is 5.88 Å². The lowest BCUT2D eigenvalue weighted by atomic mass is 9.98. The molecule has 6 nitrogen and oxygen atoms in total. The molecule has 25 heavy (non-hydrogen) atoms. The summed E-state index contributed by atoms with van der Waals surface area (Å²) >= 11 is 0. The van der Waals surface area contributed by atoms with Crippen molar-refractivity contribution in [1.82, 2.24) is 14.8 Å². The number of carbonyl (C=O) groups is 1. The number of methoxy groups -OCH3 is 1. The SMILES string of the molecule is COc1ccc(C(=O)N2CC(N(CC3CC3)C3CCOCC3)C2)cn1. The van der Waals surface area contributed by atoms with E-state index >= 15 is 0 Å². The topological polar surface area (TPSA) is 54.9 Å². The van der Waals surface area contributed by atoms with Crippen LogP contribution in [0.15, 0.2) is 18.3 Å². The molecule has 2 aliphatic heterocycles. The Bertz CT molecular complexity index is 590. The zero-order valence-electron chi connectivity index (χ0n) is 14.9. The molecule has 1 saturated carbocycles. The van der Waals surface area contributed by atoms with Crippen LogP contribution in [0.25, 0.3) is 0 Å². The van der Waals surface area contributed by atoms with Gasteiger partial charge in [0.2, 0.25) is 5.88 Å². The Morgan fingerprint density at radius 1 is 1.24 bits per heavy atom. The van der Waals surface area contributed by atoms with Gasteiger partial charge in [-0.05, 0) is 37.7 Å². The predicted molar refractivity (Wildman–Crippen MR) is 93.8 cm³/mol. The zero-order chi connectivity index (χ0) is 17.2. The van der Waals surface area contributed by atoms with Gasteiger partial charge in [-0.1, -0.05) is 0 Å². The quantitative estimate of drug-likeness (QED) is 0.787. The van der Waals surface area contributed by atoms with E-state index in [1.807, 2.05) is 4.90 Å². The molecule has 1 aromatic heterocycles. The molecule has 0 aromatic carbocycles. The molecule has 4 rings (SSSR count). The number of carbonyl (C=O) groups excluding carboxylic acids is 1. The van der Waals surface area contributed by atoms with Gasteiger partial charge in [-0.3, -0.25) is 9.69 Å². The molecule has 1 amide bonds. The van der Waals surface area contributed by atoms with E-state index in [1.54, 1.807) is 25.4 Å². The van der Waals surface area contributed by atoms with Gasteiger partial charge in [0.05, 0.1) is 12.7 Å². The number of amides is 1. The van der Waals surface area contributed by atoms with Crippen molar-refractivity contribution in [3.63, 3.8) is 0 Å². The van der Waals surface area contributed by atoms with E-state index in [1.165, 1.54) is 19.4 Å². The first-order valence-electron chi connectivity index (χ1n) is 9.37. The van der Waals surface area contributed by atoms with Crippen LogP contribution in [0.5, 0.6) is 5.88 Å². The molecule has 6 heteroatoms. The van der Waals surface area contributed by atoms with Gasteiger partial charge in [-0.15, -0.1) is 0 Å². The Kier molecular flexibility index (Phi) is 4.90. The second kappa shape index (κ2) is 7.30. The Labute approximate surface area is 149 Å². The minimum atomic E-state index is 0.0738. The monoisotopic (exact) mass is 345 g/mol. The average molecular weight is 345 g/mol. The summed E-state index contributed by atoms with van der Waals surface area (Å²) in [5.74, 6) is 1.48. The first kappa shape index (κ1) is 16.8. The number of pyridine rings is 1. The van der Waals surface area contributed by atoms with Gasteiger partial charge in [0.25, 0.3) is 5.91 Å². The highest BCUT2D eigenvalue weighted by atomic mass is 16.5.